The number of aliphatic hydroxyl groups excluding tert-OH is 1. The van der Waals surface area contributed by atoms with Crippen molar-refractivity contribution in [3.8, 4) is 21.6 Å². The van der Waals surface area contributed by atoms with Gasteiger partial charge in [0.05, 0.1) is 41.0 Å². The number of hydrogen-bond donors (Lipinski definition) is 3. The van der Waals surface area contributed by atoms with Gasteiger partial charge in [-0.15, -0.1) is 16.4 Å². The molecule has 14 heteroatoms. The number of nitrogens with one attached hydrogen (secondary N) is 2. The summed E-state index contributed by atoms with van der Waals surface area (Å²) in [5, 5.41) is 24.8. The van der Waals surface area contributed by atoms with E-state index in [9.17, 15) is 19.5 Å². The first-order valence-electron chi connectivity index (χ1n) is 17.9. The van der Waals surface area contributed by atoms with E-state index in [-0.39, 0.29) is 43.3 Å². The van der Waals surface area contributed by atoms with Gasteiger partial charge in [0.1, 0.15) is 12.1 Å². The van der Waals surface area contributed by atoms with Crippen molar-refractivity contribution in [3.05, 3.63) is 82.7 Å². The first-order chi connectivity index (χ1) is 25.3. The highest BCUT2D eigenvalue weighted by Gasteiger charge is 2.44. The Balaban J connectivity index is 1.03. The quantitative estimate of drug-likeness (QED) is 0.209. The molecule has 0 aliphatic carbocycles. The lowest BCUT2D eigenvalue weighted by Crippen LogP contribution is -2.59. The second-order valence-electron chi connectivity index (χ2n) is 15.0. The number of carbonyl (C=O) groups excluding carboxylic acids is 3. The van der Waals surface area contributed by atoms with Crippen molar-refractivity contribution in [1.29, 1.82) is 0 Å². The Bertz CT molecular complexity index is 1910. The van der Waals surface area contributed by atoms with Crippen LogP contribution in [0.15, 0.2) is 66.3 Å². The summed E-state index contributed by atoms with van der Waals surface area (Å²) in [7, 11) is 0. The van der Waals surface area contributed by atoms with Gasteiger partial charge in [0.15, 0.2) is 5.15 Å². The molecule has 2 aliphatic heterocycles. The van der Waals surface area contributed by atoms with E-state index in [4.69, 9.17) is 11.6 Å². The Labute approximate surface area is 319 Å². The number of thiazole rings is 1. The average molecular weight is 759 g/mol. The first kappa shape index (κ1) is 38.3. The lowest BCUT2D eigenvalue weighted by molar-refractivity contribution is -0.144. The minimum Gasteiger partial charge on any atom is -0.391 e. The summed E-state index contributed by atoms with van der Waals surface area (Å²) in [5.41, 5.74) is 7.12. The van der Waals surface area contributed by atoms with Crippen molar-refractivity contribution in [2.75, 3.05) is 44.2 Å². The van der Waals surface area contributed by atoms with Crippen LogP contribution in [0.2, 0.25) is 5.15 Å². The summed E-state index contributed by atoms with van der Waals surface area (Å²) in [5.74, 6) is -0.973. The Morgan fingerprint density at radius 3 is 2.28 bits per heavy atom. The van der Waals surface area contributed by atoms with E-state index in [1.165, 1.54) is 4.90 Å². The zero-order valence-corrected chi connectivity index (χ0v) is 32.3. The number of aliphatic hydroxyl groups is 1. The predicted octanol–water partition coefficient (Wildman–Crippen LogP) is 4.72. The summed E-state index contributed by atoms with van der Waals surface area (Å²) in [4.78, 5) is 52.4. The smallest absolute Gasteiger partial charge is 0.246 e. The number of halogens is 1. The van der Waals surface area contributed by atoms with Gasteiger partial charge in [-0.2, -0.15) is 5.10 Å². The summed E-state index contributed by atoms with van der Waals surface area (Å²) in [6.07, 6.45) is 0.961. The molecule has 3 N–H and O–H groups in total. The highest BCUT2D eigenvalue weighted by molar-refractivity contribution is 7.13. The van der Waals surface area contributed by atoms with Crippen molar-refractivity contribution in [3.63, 3.8) is 0 Å². The summed E-state index contributed by atoms with van der Waals surface area (Å²) in [6.45, 7) is 12.6. The van der Waals surface area contributed by atoms with E-state index in [1.54, 1.807) is 23.6 Å². The van der Waals surface area contributed by atoms with Crippen molar-refractivity contribution < 1.29 is 19.5 Å². The maximum absolute atomic E-state index is 14.1. The molecule has 0 spiro atoms. The minimum atomic E-state index is -0.888. The normalized spacial score (nSPS) is 19.2. The molecule has 0 radical (unpaired) electrons. The Morgan fingerprint density at radius 1 is 0.981 bits per heavy atom. The van der Waals surface area contributed by atoms with E-state index in [2.05, 4.69) is 47.7 Å². The first-order valence-corrected chi connectivity index (χ1v) is 19.2. The van der Waals surface area contributed by atoms with Crippen molar-refractivity contribution >= 4 is 46.3 Å². The second kappa shape index (κ2) is 16.3. The highest BCUT2D eigenvalue weighted by atomic mass is 35.5. The van der Waals surface area contributed by atoms with Crippen LogP contribution in [-0.2, 0) is 14.4 Å². The molecule has 53 heavy (non-hydrogen) atoms. The van der Waals surface area contributed by atoms with Gasteiger partial charge in [-0.3, -0.25) is 19.3 Å². The largest absolute Gasteiger partial charge is 0.391 e. The SMILES string of the molecule is Cc1ncsc1-c1ccc([C@H](C)NC(=O)C2CC(O)CN2C(=O)C(NC(=O)CN2CCN(c3ccc(-c4cnnc(Cl)c4)cc3)CC2)C(C)(C)C)cc1. The fourth-order valence-electron chi connectivity index (χ4n) is 6.95. The predicted molar refractivity (Wildman–Crippen MR) is 207 cm³/mol. The Morgan fingerprint density at radius 2 is 1.66 bits per heavy atom. The lowest BCUT2D eigenvalue weighted by Gasteiger charge is -2.37. The number of piperazine rings is 1. The summed E-state index contributed by atoms with van der Waals surface area (Å²) in [6, 6.07) is 15.9. The standard InChI is InChI=1S/C39H47ClN8O4S/c1-24(26-6-8-28(9-7-26)35-25(2)41-23-53-35)43-37(51)32-19-31(49)21-48(32)38(52)36(39(3,4)5)44-34(50)22-46-14-16-47(17-15-46)30-12-10-27(11-13-30)29-18-33(40)45-42-20-29/h6-13,18,20,23-24,31-32,36,49H,14-17,19,21-22H2,1-5H3,(H,43,51)(H,44,50)/t24-,31?,32?,36?/m0/s1. The number of likely N-dealkylation sites (tertiary alicyclic amines) is 1. The highest BCUT2D eigenvalue weighted by Crippen LogP contribution is 2.30. The van der Waals surface area contributed by atoms with Crippen molar-refractivity contribution in [2.24, 2.45) is 5.41 Å². The van der Waals surface area contributed by atoms with Gasteiger partial charge >= 0.3 is 0 Å². The maximum atomic E-state index is 14.1. The second-order valence-corrected chi connectivity index (χ2v) is 16.2. The van der Waals surface area contributed by atoms with Crippen LogP contribution < -0.4 is 15.5 Å². The number of β-amino-alcohol motifs (C(OH)–C–C–N with tert-alkyl or cyclic N) is 1. The van der Waals surface area contributed by atoms with Gasteiger partial charge in [-0.05, 0) is 54.2 Å². The number of hydrogen-bond acceptors (Lipinski definition) is 10. The molecule has 2 aliphatic rings. The molecule has 2 saturated heterocycles. The molecule has 4 atom stereocenters. The number of rotatable bonds is 10. The van der Waals surface area contributed by atoms with Crippen LogP contribution in [0.1, 0.15) is 51.4 Å². The van der Waals surface area contributed by atoms with E-state index in [1.807, 2.05) is 76.5 Å². The number of nitrogens with zero attached hydrogens (tertiary/aromatic N) is 6. The van der Waals surface area contributed by atoms with Crippen molar-refractivity contribution in [2.45, 2.75) is 65.3 Å². The number of carbonyl (C=O) groups is 3. The van der Waals surface area contributed by atoms with Gasteiger partial charge in [0.25, 0.3) is 0 Å². The van der Waals surface area contributed by atoms with Gasteiger partial charge in [-0.25, -0.2) is 4.98 Å². The number of amides is 3. The number of aromatic nitrogens is 3. The molecular weight excluding hydrogens is 712 g/mol. The average Bonchev–Trinajstić information content (AvgIpc) is 3.75. The third-order valence-corrected chi connectivity index (χ3v) is 11.2. The van der Waals surface area contributed by atoms with E-state index < -0.39 is 23.6 Å². The molecule has 3 unspecified atom stereocenters. The fourth-order valence-corrected chi connectivity index (χ4v) is 7.93. The van der Waals surface area contributed by atoms with Crippen LogP contribution in [0.5, 0.6) is 0 Å². The van der Waals surface area contributed by atoms with Crippen LogP contribution in [0.3, 0.4) is 0 Å². The van der Waals surface area contributed by atoms with Gasteiger partial charge in [0.2, 0.25) is 17.7 Å². The Kier molecular flexibility index (Phi) is 11.8. The van der Waals surface area contributed by atoms with Crippen LogP contribution in [0.4, 0.5) is 5.69 Å². The minimum absolute atomic E-state index is 0.0206. The molecule has 0 bridgehead atoms. The number of aryl methyl sites for hydroxylation is 1. The van der Waals surface area contributed by atoms with Crippen LogP contribution in [0.25, 0.3) is 21.6 Å². The van der Waals surface area contributed by atoms with Crippen LogP contribution >= 0.6 is 22.9 Å². The van der Waals surface area contributed by atoms with Gasteiger partial charge < -0.3 is 25.5 Å². The topological polar surface area (TPSA) is 144 Å². The fraction of sp³-hybridized carbons (Fsp3) is 0.436. The zero-order chi connectivity index (χ0) is 37.9. The third-order valence-electron chi connectivity index (χ3n) is 9.99. The molecule has 2 fully saturated rings. The molecule has 0 saturated carbocycles. The van der Waals surface area contributed by atoms with Gasteiger partial charge in [-0.1, -0.05) is 68.8 Å². The lowest BCUT2D eigenvalue weighted by atomic mass is 9.85. The molecule has 4 aromatic rings. The number of anilines is 1. The van der Waals surface area contributed by atoms with Crippen LogP contribution in [-0.4, -0.2) is 105 Å². The zero-order valence-electron chi connectivity index (χ0n) is 30.8. The van der Waals surface area contributed by atoms with Gasteiger partial charge in [0, 0.05) is 50.4 Å². The molecule has 3 amide bonds. The molecule has 2 aromatic carbocycles. The molecule has 280 valence electrons. The van der Waals surface area contributed by atoms with E-state index in [0.717, 1.165) is 51.6 Å². The monoisotopic (exact) mass is 758 g/mol. The molecule has 12 nitrogen and oxygen atoms in total. The van der Waals surface area contributed by atoms with E-state index in [0.29, 0.717) is 18.2 Å². The summed E-state index contributed by atoms with van der Waals surface area (Å²) >= 11 is 7.59. The molecule has 6 rings (SSSR count). The number of benzene rings is 2. The molecule has 4 heterocycles. The van der Waals surface area contributed by atoms with Crippen molar-refractivity contribution in [1.82, 2.24) is 35.6 Å². The maximum Gasteiger partial charge on any atom is 0.246 e. The van der Waals surface area contributed by atoms with E-state index >= 15 is 0 Å². The molecular formula is C39H47ClN8O4S. The summed E-state index contributed by atoms with van der Waals surface area (Å²) < 4.78 is 0. The third kappa shape index (κ3) is 9.21. The molecule has 2 aromatic heterocycles. The Hall–Kier alpha value is -4.43. The van der Waals surface area contributed by atoms with Crippen LogP contribution in [0, 0.1) is 12.3 Å².